The van der Waals surface area contributed by atoms with Gasteiger partial charge in [-0.1, -0.05) is 151 Å². The molecule has 0 atom stereocenters. The maximum absolute atomic E-state index is 9.13. The fourth-order valence-electron chi connectivity index (χ4n) is 7.09. The Hall–Kier alpha value is -7.43. The third-order valence-electron chi connectivity index (χ3n) is 9.65. The second-order valence-corrected chi connectivity index (χ2v) is 13.0. The third kappa shape index (κ3) is 6.06. The van der Waals surface area contributed by atoms with Gasteiger partial charge in [-0.3, -0.25) is 0 Å². The standard InChI is InChI=1S/C51H34N4/c1-5-16-35(17-6-1)40-32-41(36-18-7-2-8-19-36)34-42(33-40)51-53-49(38-22-11-4-12-23-38)52-50(54-51)39-28-30-43(31-29-39)55-46-26-14-13-24-45(46)48-44(25-15-27-47(48)55)37-20-9-3-10-21-37/h1-34H/i3D,9D,10D,13D,14D,20D,21D,24D,26D. The summed E-state index contributed by atoms with van der Waals surface area (Å²) in [5.74, 6) is 1.37. The minimum absolute atomic E-state index is 0.0662. The molecule has 0 saturated carbocycles. The number of benzene rings is 8. The Balaban J connectivity index is 1.17. The normalized spacial score (nSPS) is 13.6. The maximum Gasteiger partial charge on any atom is 0.164 e. The molecule has 0 amide bonds. The van der Waals surface area contributed by atoms with Crippen LogP contribution in [0.3, 0.4) is 0 Å². The van der Waals surface area contributed by atoms with Crippen molar-refractivity contribution in [3.8, 4) is 73.2 Å². The summed E-state index contributed by atoms with van der Waals surface area (Å²) < 4.78 is 79.8. The first-order valence-electron chi connectivity index (χ1n) is 22.3. The molecule has 2 heterocycles. The smallest absolute Gasteiger partial charge is 0.164 e. The first-order chi connectivity index (χ1) is 31.0. The minimum atomic E-state index is -0.533. The Morgan fingerprint density at radius 3 is 1.49 bits per heavy atom. The van der Waals surface area contributed by atoms with Crippen LogP contribution in [-0.4, -0.2) is 19.5 Å². The number of para-hydroxylation sites is 1. The van der Waals surface area contributed by atoms with E-state index in [0.717, 1.165) is 33.4 Å². The third-order valence-corrected chi connectivity index (χ3v) is 9.65. The van der Waals surface area contributed by atoms with Crippen LogP contribution in [0.15, 0.2) is 206 Å². The Morgan fingerprint density at radius 1 is 0.364 bits per heavy atom. The molecule has 2 aromatic heterocycles. The molecule has 0 aliphatic heterocycles. The van der Waals surface area contributed by atoms with Gasteiger partial charge in [0, 0.05) is 33.2 Å². The van der Waals surface area contributed by atoms with Crippen LogP contribution in [0.1, 0.15) is 12.3 Å². The van der Waals surface area contributed by atoms with Gasteiger partial charge in [-0.25, -0.2) is 15.0 Å². The molecule has 0 aliphatic rings. The van der Waals surface area contributed by atoms with Gasteiger partial charge in [0.2, 0.25) is 0 Å². The van der Waals surface area contributed by atoms with E-state index in [1.807, 2.05) is 91.0 Å². The van der Waals surface area contributed by atoms with Crippen LogP contribution in [0.5, 0.6) is 0 Å². The van der Waals surface area contributed by atoms with E-state index in [-0.39, 0.29) is 34.1 Å². The molecular formula is C51H34N4. The average molecular weight is 712 g/mol. The van der Waals surface area contributed by atoms with Gasteiger partial charge in [0.1, 0.15) is 0 Å². The van der Waals surface area contributed by atoms with Crippen molar-refractivity contribution in [3.05, 3.63) is 206 Å². The molecule has 0 saturated heterocycles. The monoisotopic (exact) mass is 711 g/mol. The molecule has 4 nitrogen and oxygen atoms in total. The largest absolute Gasteiger partial charge is 0.309 e. The van der Waals surface area contributed by atoms with Crippen LogP contribution >= 0.6 is 0 Å². The number of hydrogen-bond donors (Lipinski definition) is 0. The summed E-state index contributed by atoms with van der Waals surface area (Å²) in [6, 6.07) is 44.9. The van der Waals surface area contributed by atoms with Crippen LogP contribution in [0, 0.1) is 0 Å². The Bertz CT molecular complexity index is 3380. The number of aromatic nitrogens is 4. The molecule has 4 heteroatoms. The van der Waals surface area contributed by atoms with E-state index < -0.39 is 42.3 Å². The zero-order chi connectivity index (χ0) is 44.4. The predicted octanol–water partition coefficient (Wildman–Crippen LogP) is 13.0. The fraction of sp³-hybridized carbons (Fsp3) is 0. The van der Waals surface area contributed by atoms with E-state index >= 15 is 0 Å². The quantitative estimate of drug-likeness (QED) is 0.165. The number of rotatable bonds is 7. The first kappa shape index (κ1) is 24.0. The number of fused-ring (bicyclic) bond motifs is 3. The highest BCUT2D eigenvalue weighted by Gasteiger charge is 2.18. The lowest BCUT2D eigenvalue weighted by Gasteiger charge is -2.13. The second-order valence-electron chi connectivity index (χ2n) is 13.0. The van der Waals surface area contributed by atoms with E-state index in [1.165, 1.54) is 0 Å². The molecule has 10 aromatic rings. The molecule has 0 aliphatic carbocycles. The second kappa shape index (κ2) is 13.8. The molecule has 258 valence electrons. The summed E-state index contributed by atoms with van der Waals surface area (Å²) >= 11 is 0. The zero-order valence-electron chi connectivity index (χ0n) is 38.2. The van der Waals surface area contributed by atoms with Crippen LogP contribution in [0.25, 0.3) is 95.0 Å². The average Bonchev–Trinajstić information content (AvgIpc) is 3.70. The zero-order valence-corrected chi connectivity index (χ0v) is 29.2. The van der Waals surface area contributed by atoms with Crippen molar-refractivity contribution in [1.29, 1.82) is 0 Å². The number of nitrogens with zero attached hydrogens (tertiary/aromatic N) is 4. The van der Waals surface area contributed by atoms with E-state index in [2.05, 4.69) is 42.5 Å². The number of hydrogen-bond acceptors (Lipinski definition) is 3. The highest BCUT2D eigenvalue weighted by Crippen LogP contribution is 2.39. The van der Waals surface area contributed by atoms with Gasteiger partial charge >= 0.3 is 0 Å². The van der Waals surface area contributed by atoms with E-state index in [4.69, 9.17) is 27.3 Å². The topological polar surface area (TPSA) is 43.6 Å². The van der Waals surface area contributed by atoms with Gasteiger partial charge in [-0.2, -0.15) is 0 Å². The van der Waals surface area contributed by atoms with Crippen LogP contribution < -0.4 is 0 Å². The lowest BCUT2D eigenvalue weighted by molar-refractivity contribution is 1.07. The Labute approximate surface area is 332 Å². The highest BCUT2D eigenvalue weighted by atomic mass is 15.0. The lowest BCUT2D eigenvalue weighted by atomic mass is 9.96. The molecule has 0 bridgehead atoms. The van der Waals surface area contributed by atoms with Crippen LogP contribution in [0.2, 0.25) is 0 Å². The van der Waals surface area contributed by atoms with Crippen molar-refractivity contribution < 1.29 is 12.3 Å². The van der Waals surface area contributed by atoms with Crippen LogP contribution in [-0.2, 0) is 0 Å². The maximum atomic E-state index is 9.13. The summed E-state index contributed by atoms with van der Waals surface area (Å²) in [5.41, 5.74) is 7.73. The molecule has 0 unspecified atom stereocenters. The first-order valence-corrected chi connectivity index (χ1v) is 17.8. The van der Waals surface area contributed by atoms with Crippen molar-refractivity contribution in [1.82, 2.24) is 19.5 Å². The van der Waals surface area contributed by atoms with Gasteiger partial charge in [-0.15, -0.1) is 0 Å². The van der Waals surface area contributed by atoms with Crippen molar-refractivity contribution in [2.75, 3.05) is 0 Å². The van der Waals surface area contributed by atoms with E-state index in [1.54, 1.807) is 22.8 Å². The lowest BCUT2D eigenvalue weighted by Crippen LogP contribution is -2.01. The summed E-state index contributed by atoms with van der Waals surface area (Å²) in [6.07, 6.45) is 0. The molecular weight excluding hydrogens is 669 g/mol. The van der Waals surface area contributed by atoms with E-state index in [0.29, 0.717) is 39.6 Å². The highest BCUT2D eigenvalue weighted by molar-refractivity contribution is 6.15. The van der Waals surface area contributed by atoms with Gasteiger partial charge in [-0.05, 0) is 88.0 Å². The van der Waals surface area contributed by atoms with E-state index in [9.17, 15) is 0 Å². The van der Waals surface area contributed by atoms with Crippen molar-refractivity contribution in [2.24, 2.45) is 0 Å². The molecule has 0 N–H and O–H groups in total. The minimum Gasteiger partial charge on any atom is -0.309 e. The van der Waals surface area contributed by atoms with Gasteiger partial charge in [0.25, 0.3) is 0 Å². The van der Waals surface area contributed by atoms with Crippen LogP contribution in [0.4, 0.5) is 0 Å². The summed E-state index contributed by atoms with van der Waals surface area (Å²) in [5, 5.41) is 0.490. The molecule has 0 fully saturated rings. The summed E-state index contributed by atoms with van der Waals surface area (Å²) in [6.45, 7) is 0. The molecule has 8 aromatic carbocycles. The fourth-order valence-corrected chi connectivity index (χ4v) is 7.09. The molecule has 10 rings (SSSR count). The summed E-state index contributed by atoms with van der Waals surface area (Å²) in [7, 11) is 0. The van der Waals surface area contributed by atoms with Crippen molar-refractivity contribution in [3.63, 3.8) is 0 Å². The molecule has 0 spiro atoms. The summed E-state index contributed by atoms with van der Waals surface area (Å²) in [4.78, 5) is 15.1. The van der Waals surface area contributed by atoms with Gasteiger partial charge in [0.05, 0.1) is 23.4 Å². The van der Waals surface area contributed by atoms with Crippen molar-refractivity contribution >= 4 is 21.8 Å². The van der Waals surface area contributed by atoms with Gasteiger partial charge < -0.3 is 4.57 Å². The SMILES string of the molecule is [2H]c1c([2H])c([2H])c(-c2cccc3c2c2c([2H])c([2H])c([2H])c([2H])c2n3-c2ccc(-c3nc(-c4ccccc4)nc(-c4cc(-c5ccccc5)cc(-c5ccccc5)c4)n3)cc2)c([2H])c1[2H]. The van der Waals surface area contributed by atoms with Gasteiger partial charge in [0.15, 0.2) is 17.5 Å². The van der Waals surface area contributed by atoms with Crippen molar-refractivity contribution in [2.45, 2.75) is 0 Å². The molecule has 0 radical (unpaired) electrons. The Kier molecular flexibility index (Phi) is 6.04. The predicted molar refractivity (Wildman–Crippen MR) is 227 cm³/mol. The Morgan fingerprint density at radius 2 is 0.873 bits per heavy atom. The molecule has 55 heavy (non-hydrogen) atoms.